The van der Waals surface area contributed by atoms with Crippen LogP contribution in [0.5, 0.6) is 0 Å². The van der Waals surface area contributed by atoms with Gasteiger partial charge in [-0.05, 0) is 60.6 Å². The number of hydrogen-bond donors (Lipinski definition) is 0. The van der Waals surface area contributed by atoms with Crippen molar-refractivity contribution in [3.05, 3.63) is 137 Å². The zero-order valence-corrected chi connectivity index (χ0v) is 37.9. The second kappa shape index (κ2) is 26.0. The molecule has 0 aliphatic carbocycles. The van der Waals surface area contributed by atoms with Crippen LogP contribution < -0.4 is 10.6 Å². The average molecular weight is 757 g/mol. The van der Waals surface area contributed by atoms with E-state index in [-0.39, 0.29) is 7.92 Å². The topological polar surface area (TPSA) is 0 Å². The largest absolute Gasteiger partial charge is 0.103 e. The Morgan fingerprint density at radius 2 is 0.840 bits per heavy atom. The Labute approximate surface area is 317 Å². The predicted molar refractivity (Wildman–Crippen MR) is 247 cm³/mol. The van der Waals surface area contributed by atoms with Gasteiger partial charge in [-0.15, -0.1) is 39.5 Å². The van der Waals surface area contributed by atoms with Gasteiger partial charge in [0.05, 0.1) is 8.07 Å². The standard InChI is InChI=1S/C45H73PSi4/c1-10-26-43(13-4)47(7)34-23-38-50(39-24-35-48(8)44(14-5)27-11-2,40-25-36-49(9)45(15-6)28-12-3)37-22-33-46(41-29-18-16-19-30-41)42-31-20-17-21-32-42/h10-21,29-32,43-45,47-49H,1-6,22-28,33-40H2,7-9H3. The Balaban J connectivity index is 2.36. The van der Waals surface area contributed by atoms with Crippen LogP contribution in [0, 0.1) is 0 Å². The van der Waals surface area contributed by atoms with E-state index in [0.717, 1.165) is 19.3 Å². The van der Waals surface area contributed by atoms with Gasteiger partial charge in [-0.1, -0.05) is 185 Å². The molecule has 0 aliphatic rings. The summed E-state index contributed by atoms with van der Waals surface area (Å²) in [6, 6.07) is 33.2. The summed E-state index contributed by atoms with van der Waals surface area (Å²) in [5, 5.41) is 3.07. The van der Waals surface area contributed by atoms with Gasteiger partial charge in [0, 0.05) is 26.4 Å². The van der Waals surface area contributed by atoms with Gasteiger partial charge in [0.1, 0.15) is 0 Å². The first-order valence-corrected chi connectivity index (χ1v) is 32.1. The lowest BCUT2D eigenvalue weighted by atomic mass is 10.3. The summed E-state index contributed by atoms with van der Waals surface area (Å²) < 4.78 is 0. The number of hydrogen-bond acceptors (Lipinski definition) is 0. The summed E-state index contributed by atoms with van der Waals surface area (Å²) in [7, 11) is -4.49. The SMILES string of the molecule is C=CCC(C=C)[SiH](C)CCC[Si](CCC[SiH](C)C(C=C)CC=C)(CCC[SiH](C)C(C=C)CC=C)CCCP(c1ccccc1)c1ccccc1. The molecule has 0 saturated carbocycles. The van der Waals surface area contributed by atoms with Crippen LogP contribution in [-0.4, -0.2) is 40.6 Å². The highest BCUT2D eigenvalue weighted by molar-refractivity contribution is 7.73. The van der Waals surface area contributed by atoms with Gasteiger partial charge in [0.15, 0.2) is 0 Å². The van der Waals surface area contributed by atoms with E-state index in [1.165, 1.54) is 84.8 Å². The normalized spacial score (nSPS) is 16.2. The molecular weight excluding hydrogens is 684 g/mol. The van der Waals surface area contributed by atoms with Crippen molar-refractivity contribution in [2.45, 2.75) is 124 Å². The fraction of sp³-hybridized carbons (Fsp3) is 0.467. The van der Waals surface area contributed by atoms with E-state index in [2.05, 4.69) is 156 Å². The second-order valence-electron chi connectivity index (χ2n) is 15.3. The van der Waals surface area contributed by atoms with E-state index in [0.29, 0.717) is 16.6 Å². The molecule has 0 nitrogen and oxygen atoms in total. The van der Waals surface area contributed by atoms with Gasteiger partial charge >= 0.3 is 0 Å². The molecule has 0 N–H and O–H groups in total. The Morgan fingerprint density at radius 3 is 1.14 bits per heavy atom. The van der Waals surface area contributed by atoms with Crippen molar-refractivity contribution in [3.8, 4) is 0 Å². The monoisotopic (exact) mass is 756 g/mol. The highest BCUT2D eigenvalue weighted by Gasteiger charge is 2.33. The molecule has 274 valence electrons. The van der Waals surface area contributed by atoms with Crippen molar-refractivity contribution >= 4 is 53.0 Å². The van der Waals surface area contributed by atoms with Crippen molar-refractivity contribution in [2.24, 2.45) is 0 Å². The van der Waals surface area contributed by atoms with Crippen LogP contribution >= 0.6 is 7.92 Å². The predicted octanol–water partition coefficient (Wildman–Crippen LogP) is 13.1. The van der Waals surface area contributed by atoms with E-state index in [1.807, 2.05) is 0 Å². The molecule has 2 rings (SSSR count). The molecule has 0 bridgehead atoms. The van der Waals surface area contributed by atoms with Crippen LogP contribution in [-0.2, 0) is 0 Å². The molecule has 0 spiro atoms. The van der Waals surface area contributed by atoms with Gasteiger partial charge in [-0.2, -0.15) is 0 Å². The minimum atomic E-state index is -1.52. The van der Waals surface area contributed by atoms with Crippen LogP contribution in [0.15, 0.2) is 137 Å². The molecule has 0 aliphatic heterocycles. The molecule has 0 radical (unpaired) electrons. The third kappa shape index (κ3) is 15.8. The maximum absolute atomic E-state index is 4.23. The van der Waals surface area contributed by atoms with Crippen molar-refractivity contribution in [1.29, 1.82) is 0 Å². The summed E-state index contributed by atoms with van der Waals surface area (Å²) >= 11 is 0. The van der Waals surface area contributed by atoms with E-state index in [4.69, 9.17) is 0 Å². The lowest BCUT2D eigenvalue weighted by Gasteiger charge is -2.35. The minimum Gasteiger partial charge on any atom is -0.103 e. The van der Waals surface area contributed by atoms with E-state index < -0.39 is 34.5 Å². The van der Waals surface area contributed by atoms with Gasteiger partial charge in [-0.3, -0.25) is 0 Å². The minimum absolute atomic E-state index is 0.338. The van der Waals surface area contributed by atoms with E-state index in [9.17, 15) is 0 Å². The molecule has 6 unspecified atom stereocenters. The van der Waals surface area contributed by atoms with Crippen LogP contribution in [0.4, 0.5) is 0 Å². The maximum atomic E-state index is 4.23. The summed E-state index contributed by atoms with van der Waals surface area (Å²) in [6.45, 7) is 32.7. The number of rotatable bonds is 30. The van der Waals surface area contributed by atoms with Gasteiger partial charge in [0.25, 0.3) is 0 Å². The van der Waals surface area contributed by atoms with E-state index in [1.54, 1.807) is 0 Å². The van der Waals surface area contributed by atoms with Crippen molar-refractivity contribution < 1.29 is 0 Å². The Bertz CT molecular complexity index is 1120. The molecule has 0 heterocycles. The lowest BCUT2D eigenvalue weighted by molar-refractivity contribution is 0.860. The molecular formula is C45H73PSi4. The number of benzene rings is 2. The first-order chi connectivity index (χ1) is 24.3. The highest BCUT2D eigenvalue weighted by atomic mass is 31.1. The molecule has 6 atom stereocenters. The molecule has 2 aromatic carbocycles. The van der Waals surface area contributed by atoms with Gasteiger partial charge in [0.2, 0.25) is 0 Å². The zero-order valence-electron chi connectivity index (χ0n) is 32.5. The Hall–Kier alpha value is -1.82. The fourth-order valence-corrected chi connectivity index (χ4v) is 24.6. The molecule has 0 aromatic heterocycles. The summed E-state index contributed by atoms with van der Waals surface area (Å²) in [6.07, 6.45) is 23.4. The first-order valence-electron chi connectivity index (χ1n) is 19.9. The van der Waals surface area contributed by atoms with Gasteiger partial charge in [-0.25, -0.2) is 0 Å². The third-order valence-corrected chi connectivity index (χ3v) is 30.0. The van der Waals surface area contributed by atoms with Crippen LogP contribution in [0.2, 0.25) is 78.6 Å². The van der Waals surface area contributed by atoms with Crippen LogP contribution in [0.3, 0.4) is 0 Å². The molecule has 2 aromatic rings. The lowest BCUT2D eigenvalue weighted by Crippen LogP contribution is -2.35. The van der Waals surface area contributed by atoms with E-state index >= 15 is 0 Å². The molecule has 0 saturated heterocycles. The fourth-order valence-electron chi connectivity index (χ4n) is 8.28. The molecule has 0 fully saturated rings. The summed E-state index contributed by atoms with van der Waals surface area (Å²) in [5.41, 5.74) is 2.05. The molecule has 5 heteroatoms. The quantitative estimate of drug-likeness (QED) is 0.0423. The molecule has 0 amide bonds. The van der Waals surface area contributed by atoms with Crippen LogP contribution in [0.25, 0.3) is 0 Å². The second-order valence-corrected chi connectivity index (χ2v) is 32.8. The first kappa shape index (κ1) is 44.3. The van der Waals surface area contributed by atoms with Crippen molar-refractivity contribution in [1.82, 2.24) is 0 Å². The molecule has 50 heavy (non-hydrogen) atoms. The van der Waals surface area contributed by atoms with Gasteiger partial charge < -0.3 is 0 Å². The smallest absolute Gasteiger partial charge is 0.0535 e. The zero-order chi connectivity index (χ0) is 36.6. The number of allylic oxidation sites excluding steroid dienone is 6. The van der Waals surface area contributed by atoms with Crippen molar-refractivity contribution in [3.63, 3.8) is 0 Å². The third-order valence-electron chi connectivity index (χ3n) is 11.7. The summed E-state index contributed by atoms with van der Waals surface area (Å²) in [5.74, 6) is 0. The summed E-state index contributed by atoms with van der Waals surface area (Å²) in [4.78, 5) is 0. The Morgan fingerprint density at radius 1 is 0.520 bits per heavy atom. The average Bonchev–Trinajstić information content (AvgIpc) is 3.14. The van der Waals surface area contributed by atoms with Crippen molar-refractivity contribution in [2.75, 3.05) is 6.16 Å². The maximum Gasteiger partial charge on any atom is 0.0535 e. The highest BCUT2D eigenvalue weighted by Crippen LogP contribution is 2.40. The van der Waals surface area contributed by atoms with Crippen LogP contribution in [0.1, 0.15) is 44.9 Å². The Kier molecular flexibility index (Phi) is 23.1.